The molecule has 2 aromatic rings. The minimum atomic E-state index is -0.893. The molecule has 6 rings (SSSR count). The van der Waals surface area contributed by atoms with E-state index < -0.39 is 5.41 Å². The third-order valence-electron chi connectivity index (χ3n) is 7.95. The highest BCUT2D eigenvalue weighted by atomic mass is 32.1. The molecule has 4 saturated heterocycles. The first kappa shape index (κ1) is 20.9. The van der Waals surface area contributed by atoms with Crippen molar-refractivity contribution in [2.75, 3.05) is 45.0 Å². The number of rotatable bonds is 2. The third kappa shape index (κ3) is 3.09. The lowest BCUT2D eigenvalue weighted by molar-refractivity contribution is -0.144. The van der Waals surface area contributed by atoms with Gasteiger partial charge in [0.25, 0.3) is 17.7 Å². The monoisotopic (exact) mass is 467 g/mol. The third-order valence-corrected chi connectivity index (χ3v) is 8.95. The zero-order valence-electron chi connectivity index (χ0n) is 18.7. The first-order chi connectivity index (χ1) is 16.0. The number of nitrogens with zero attached hydrogens (tertiary/aromatic N) is 4. The van der Waals surface area contributed by atoms with E-state index in [1.54, 1.807) is 10.0 Å². The second-order valence-electron chi connectivity index (χ2n) is 9.73. The van der Waals surface area contributed by atoms with Gasteiger partial charge in [0.2, 0.25) is 0 Å². The maximum atomic E-state index is 13.3. The average molecular weight is 468 g/mol. The number of carbonyl (C=O) groups is 3. The van der Waals surface area contributed by atoms with E-state index in [2.05, 4.69) is 4.90 Å². The van der Waals surface area contributed by atoms with Crippen molar-refractivity contribution in [1.82, 2.24) is 19.8 Å². The van der Waals surface area contributed by atoms with Gasteiger partial charge in [-0.2, -0.15) is 0 Å². The number of likely N-dealkylation sites (tertiary alicyclic amines) is 2. The molecule has 2 N–H and O–H groups in total. The standard InChI is InChI=1S/C24H29N5O3S/c25-20-19(17-5-1-2-6-18(17)33-20)21(30)26-13-7-16(8-14-26)27-10-3-9-24(15-27)22(31)28-11-4-12-29(28)23(24)32/h1-2,5-6,16H,3-4,7-15,25H2. The summed E-state index contributed by atoms with van der Waals surface area (Å²) in [5, 5.41) is 4.87. The molecular weight excluding hydrogens is 438 g/mol. The molecule has 0 radical (unpaired) electrons. The van der Waals surface area contributed by atoms with Crippen molar-refractivity contribution in [3.63, 3.8) is 0 Å². The fourth-order valence-electron chi connectivity index (χ4n) is 6.25. The van der Waals surface area contributed by atoms with Crippen LogP contribution in [0.4, 0.5) is 5.00 Å². The maximum absolute atomic E-state index is 13.3. The van der Waals surface area contributed by atoms with Gasteiger partial charge in [0.15, 0.2) is 0 Å². The highest BCUT2D eigenvalue weighted by Gasteiger charge is 2.60. The summed E-state index contributed by atoms with van der Waals surface area (Å²) in [6.07, 6.45) is 4.07. The highest BCUT2D eigenvalue weighted by molar-refractivity contribution is 7.23. The molecule has 1 aromatic carbocycles. The number of fused-ring (bicyclic) bond motifs is 2. The molecule has 1 aromatic heterocycles. The summed E-state index contributed by atoms with van der Waals surface area (Å²) in [4.78, 5) is 44.0. The number of hydrogen-bond donors (Lipinski definition) is 1. The van der Waals surface area contributed by atoms with Crippen LogP contribution in [0.15, 0.2) is 24.3 Å². The summed E-state index contributed by atoms with van der Waals surface area (Å²) >= 11 is 1.46. The molecule has 4 aliphatic rings. The van der Waals surface area contributed by atoms with Crippen LogP contribution in [0.2, 0.25) is 0 Å². The van der Waals surface area contributed by atoms with Crippen molar-refractivity contribution in [3.8, 4) is 0 Å². The summed E-state index contributed by atoms with van der Waals surface area (Å²) in [6.45, 7) is 4.06. The summed E-state index contributed by atoms with van der Waals surface area (Å²) in [6, 6.07) is 8.15. The fourth-order valence-corrected chi connectivity index (χ4v) is 7.21. The maximum Gasteiger partial charge on any atom is 0.258 e. The normalized spacial score (nSPS) is 23.8. The smallest absolute Gasteiger partial charge is 0.258 e. The Morgan fingerprint density at radius 2 is 1.67 bits per heavy atom. The van der Waals surface area contributed by atoms with Crippen LogP contribution in [0.5, 0.6) is 0 Å². The molecular formula is C24H29N5O3S. The summed E-state index contributed by atoms with van der Waals surface area (Å²) in [5.74, 6) is 0.0114. The molecule has 0 unspecified atom stereocenters. The Morgan fingerprint density at radius 1 is 0.970 bits per heavy atom. The van der Waals surface area contributed by atoms with Crippen molar-refractivity contribution >= 4 is 44.1 Å². The van der Waals surface area contributed by atoms with E-state index in [4.69, 9.17) is 5.73 Å². The fraction of sp³-hybridized carbons (Fsp3) is 0.542. The van der Waals surface area contributed by atoms with Crippen LogP contribution in [0, 0.1) is 5.41 Å². The number of hydrogen-bond acceptors (Lipinski definition) is 6. The molecule has 8 nitrogen and oxygen atoms in total. The zero-order valence-corrected chi connectivity index (χ0v) is 19.5. The Kier molecular flexibility index (Phi) is 4.88. The molecule has 0 aliphatic carbocycles. The quantitative estimate of drug-likeness (QED) is 0.684. The van der Waals surface area contributed by atoms with E-state index in [1.807, 2.05) is 29.2 Å². The predicted molar refractivity (Wildman–Crippen MR) is 126 cm³/mol. The molecule has 0 bridgehead atoms. The molecule has 4 fully saturated rings. The van der Waals surface area contributed by atoms with Gasteiger partial charge in [-0.15, -0.1) is 11.3 Å². The van der Waals surface area contributed by atoms with E-state index >= 15 is 0 Å². The number of nitrogens with two attached hydrogens (primary N) is 1. The number of carbonyl (C=O) groups excluding carboxylic acids is 3. The van der Waals surface area contributed by atoms with E-state index in [1.165, 1.54) is 11.3 Å². The number of amides is 3. The number of hydrazine groups is 1. The summed E-state index contributed by atoms with van der Waals surface area (Å²) in [7, 11) is 0. The van der Waals surface area contributed by atoms with E-state index in [0.717, 1.165) is 42.3 Å². The largest absolute Gasteiger partial charge is 0.390 e. The Morgan fingerprint density at radius 3 is 2.39 bits per heavy atom. The Bertz CT molecular complexity index is 1120. The molecule has 9 heteroatoms. The Balaban J connectivity index is 1.15. The van der Waals surface area contributed by atoms with Crippen LogP contribution in [-0.4, -0.2) is 82.8 Å². The van der Waals surface area contributed by atoms with Crippen molar-refractivity contribution in [2.45, 2.75) is 38.1 Å². The van der Waals surface area contributed by atoms with Crippen molar-refractivity contribution in [3.05, 3.63) is 29.8 Å². The van der Waals surface area contributed by atoms with Crippen molar-refractivity contribution < 1.29 is 14.4 Å². The average Bonchev–Trinajstić information content (AvgIpc) is 3.50. The van der Waals surface area contributed by atoms with Crippen LogP contribution in [0.3, 0.4) is 0 Å². The molecule has 0 atom stereocenters. The van der Waals surface area contributed by atoms with Gasteiger partial charge in [0.05, 0.1) is 10.6 Å². The lowest BCUT2D eigenvalue weighted by atomic mass is 9.78. The highest BCUT2D eigenvalue weighted by Crippen LogP contribution is 2.43. The van der Waals surface area contributed by atoms with Crippen LogP contribution in [-0.2, 0) is 9.59 Å². The number of thiophene rings is 1. The minimum absolute atomic E-state index is 0.00197. The van der Waals surface area contributed by atoms with Gasteiger partial charge >= 0.3 is 0 Å². The van der Waals surface area contributed by atoms with Crippen LogP contribution >= 0.6 is 11.3 Å². The lowest BCUT2D eigenvalue weighted by Crippen LogP contribution is -2.56. The second-order valence-corrected chi connectivity index (χ2v) is 10.8. The first-order valence-corrected chi connectivity index (χ1v) is 12.8. The van der Waals surface area contributed by atoms with Gasteiger partial charge in [-0.05, 0) is 44.7 Å². The van der Waals surface area contributed by atoms with Gasteiger partial charge in [0, 0.05) is 48.9 Å². The van der Waals surface area contributed by atoms with Crippen molar-refractivity contribution in [1.29, 1.82) is 0 Å². The number of anilines is 1. The van der Waals surface area contributed by atoms with Gasteiger partial charge in [-0.3, -0.25) is 29.3 Å². The van der Waals surface area contributed by atoms with Gasteiger partial charge < -0.3 is 10.6 Å². The van der Waals surface area contributed by atoms with Gasteiger partial charge in [-0.25, -0.2) is 0 Å². The van der Waals surface area contributed by atoms with E-state index in [-0.39, 0.29) is 23.8 Å². The van der Waals surface area contributed by atoms with Crippen LogP contribution in [0.25, 0.3) is 10.1 Å². The molecule has 3 amide bonds. The molecule has 33 heavy (non-hydrogen) atoms. The molecule has 5 heterocycles. The Hall–Kier alpha value is -2.65. The molecule has 1 spiro atoms. The topological polar surface area (TPSA) is 90.2 Å². The summed E-state index contributed by atoms with van der Waals surface area (Å²) in [5.41, 5.74) is 5.96. The van der Waals surface area contributed by atoms with E-state index in [0.29, 0.717) is 49.7 Å². The summed E-state index contributed by atoms with van der Waals surface area (Å²) < 4.78 is 1.04. The second kappa shape index (κ2) is 7.70. The SMILES string of the molecule is Nc1sc2ccccc2c1C(=O)N1CCC(N2CCCC3(C2)C(=O)N2CCCN2C3=O)CC1. The predicted octanol–water partition coefficient (Wildman–Crippen LogP) is 2.16. The Labute approximate surface area is 196 Å². The number of piperidine rings is 2. The molecule has 4 aliphatic heterocycles. The van der Waals surface area contributed by atoms with Crippen LogP contribution in [0.1, 0.15) is 42.5 Å². The molecule has 174 valence electrons. The lowest BCUT2D eigenvalue weighted by Gasteiger charge is -2.44. The minimum Gasteiger partial charge on any atom is -0.390 e. The van der Waals surface area contributed by atoms with Crippen molar-refractivity contribution in [2.24, 2.45) is 5.41 Å². The van der Waals surface area contributed by atoms with E-state index in [9.17, 15) is 14.4 Å². The van der Waals surface area contributed by atoms with Gasteiger partial charge in [0.1, 0.15) is 5.41 Å². The number of nitrogen functional groups attached to an aromatic ring is 1. The number of benzene rings is 1. The van der Waals surface area contributed by atoms with Gasteiger partial charge in [-0.1, -0.05) is 18.2 Å². The first-order valence-electron chi connectivity index (χ1n) is 11.9. The zero-order chi connectivity index (χ0) is 22.7. The van der Waals surface area contributed by atoms with Crippen LogP contribution < -0.4 is 5.73 Å². The molecule has 0 saturated carbocycles.